The standard InChI is InChI=1S/C24H23N3O8S/c1-12-5-19(22(32)25-10-13-3-2-4-15(28)6-13)36-20(12)23(33)27-18(24(34)35)11-26-21(31)14-7-16(29)9-17(30)8-14/h2-9,18,28-30H,10-11H2,1H3,(H,25,32)(H,26,31)(H,27,33)(H,34,35)/t18-/m0/s1. The Morgan fingerprint density at radius 1 is 0.861 bits per heavy atom. The zero-order chi connectivity index (χ0) is 26.4. The number of amides is 3. The molecule has 1 aromatic heterocycles. The number of phenolic OH excluding ortho intramolecular Hbond substituents is 3. The Morgan fingerprint density at radius 3 is 2.19 bits per heavy atom. The van der Waals surface area contributed by atoms with Crippen molar-refractivity contribution in [1.82, 2.24) is 16.0 Å². The minimum absolute atomic E-state index is 0.0666. The lowest BCUT2D eigenvalue weighted by Gasteiger charge is -2.15. The predicted molar refractivity (Wildman–Crippen MR) is 129 cm³/mol. The summed E-state index contributed by atoms with van der Waals surface area (Å²) < 4.78 is 0. The fourth-order valence-corrected chi connectivity index (χ4v) is 4.19. The van der Waals surface area contributed by atoms with Crippen molar-refractivity contribution in [3.63, 3.8) is 0 Å². The van der Waals surface area contributed by atoms with E-state index in [0.29, 0.717) is 11.1 Å². The Hall–Kier alpha value is -4.58. The van der Waals surface area contributed by atoms with Crippen LogP contribution >= 0.6 is 11.3 Å². The van der Waals surface area contributed by atoms with Crippen molar-refractivity contribution in [2.24, 2.45) is 0 Å². The minimum Gasteiger partial charge on any atom is -0.508 e. The first-order chi connectivity index (χ1) is 17.0. The Morgan fingerprint density at radius 2 is 1.56 bits per heavy atom. The molecular formula is C24H23N3O8S. The first kappa shape index (κ1) is 26.0. The van der Waals surface area contributed by atoms with Crippen molar-refractivity contribution in [3.8, 4) is 17.2 Å². The van der Waals surface area contributed by atoms with Crippen LogP contribution in [0, 0.1) is 6.92 Å². The number of phenols is 3. The zero-order valence-corrected chi connectivity index (χ0v) is 19.8. The van der Waals surface area contributed by atoms with Gasteiger partial charge in [-0.2, -0.15) is 0 Å². The van der Waals surface area contributed by atoms with Gasteiger partial charge in [-0.15, -0.1) is 11.3 Å². The lowest BCUT2D eigenvalue weighted by Crippen LogP contribution is -2.48. The number of thiophene rings is 1. The van der Waals surface area contributed by atoms with E-state index in [1.54, 1.807) is 19.1 Å². The number of aromatic hydroxyl groups is 3. The Balaban J connectivity index is 1.62. The highest BCUT2D eigenvalue weighted by Gasteiger charge is 2.25. The molecule has 0 aliphatic heterocycles. The molecule has 1 atom stereocenters. The second-order valence-electron chi connectivity index (χ2n) is 7.79. The summed E-state index contributed by atoms with van der Waals surface area (Å²) in [7, 11) is 0. The summed E-state index contributed by atoms with van der Waals surface area (Å²) in [5.74, 6) is -3.98. The number of nitrogens with one attached hydrogen (secondary N) is 3. The molecule has 11 nitrogen and oxygen atoms in total. The number of aryl methyl sites for hydroxylation is 1. The number of carboxylic acids is 1. The van der Waals surface area contributed by atoms with Gasteiger partial charge in [0.2, 0.25) is 0 Å². The van der Waals surface area contributed by atoms with Crippen LogP contribution in [0.1, 0.15) is 40.8 Å². The third-order valence-corrected chi connectivity index (χ3v) is 6.18. The number of carboxylic acid groups (broad SMARTS) is 1. The Bertz CT molecular complexity index is 1300. The van der Waals surface area contributed by atoms with Crippen LogP contribution in [0.25, 0.3) is 0 Å². The molecule has 36 heavy (non-hydrogen) atoms. The number of carbonyl (C=O) groups is 4. The van der Waals surface area contributed by atoms with Gasteiger partial charge < -0.3 is 36.4 Å². The van der Waals surface area contributed by atoms with Crippen LogP contribution in [-0.2, 0) is 11.3 Å². The summed E-state index contributed by atoms with van der Waals surface area (Å²) in [6.45, 7) is 1.28. The van der Waals surface area contributed by atoms with Crippen LogP contribution in [-0.4, -0.2) is 56.7 Å². The van der Waals surface area contributed by atoms with E-state index in [0.717, 1.165) is 29.5 Å². The lowest BCUT2D eigenvalue weighted by atomic mass is 10.1. The fourth-order valence-electron chi connectivity index (χ4n) is 3.20. The number of hydrogen-bond acceptors (Lipinski definition) is 8. The van der Waals surface area contributed by atoms with E-state index in [1.165, 1.54) is 18.2 Å². The number of rotatable bonds is 9. The fraction of sp³-hybridized carbons (Fsp3) is 0.167. The molecule has 3 amide bonds. The van der Waals surface area contributed by atoms with Gasteiger partial charge in [-0.05, 0) is 48.4 Å². The monoisotopic (exact) mass is 513 g/mol. The number of aliphatic carboxylic acids is 1. The summed E-state index contributed by atoms with van der Waals surface area (Å²) in [5, 5.41) is 45.3. The number of benzene rings is 2. The van der Waals surface area contributed by atoms with Gasteiger partial charge >= 0.3 is 5.97 Å². The summed E-state index contributed by atoms with van der Waals surface area (Å²) >= 11 is 0.883. The second-order valence-corrected chi connectivity index (χ2v) is 8.84. The smallest absolute Gasteiger partial charge is 0.328 e. The molecular weight excluding hydrogens is 490 g/mol. The van der Waals surface area contributed by atoms with E-state index in [9.17, 15) is 39.6 Å². The van der Waals surface area contributed by atoms with E-state index in [2.05, 4.69) is 16.0 Å². The SMILES string of the molecule is Cc1cc(C(=O)NCc2cccc(O)c2)sc1C(=O)N[C@@H](CNC(=O)c1cc(O)cc(O)c1)C(=O)O. The topological polar surface area (TPSA) is 185 Å². The maximum Gasteiger partial charge on any atom is 0.328 e. The van der Waals surface area contributed by atoms with E-state index in [4.69, 9.17) is 0 Å². The molecule has 0 aliphatic carbocycles. The quantitative estimate of drug-likeness (QED) is 0.225. The van der Waals surface area contributed by atoms with Crippen molar-refractivity contribution in [3.05, 3.63) is 75.0 Å². The van der Waals surface area contributed by atoms with Crippen molar-refractivity contribution in [2.75, 3.05) is 6.54 Å². The van der Waals surface area contributed by atoms with Gasteiger partial charge in [0.1, 0.15) is 23.3 Å². The van der Waals surface area contributed by atoms with Gasteiger partial charge in [0.05, 0.1) is 9.75 Å². The molecule has 0 radical (unpaired) electrons. The molecule has 0 saturated carbocycles. The van der Waals surface area contributed by atoms with Crippen molar-refractivity contribution < 1.29 is 39.6 Å². The third kappa shape index (κ3) is 6.73. The molecule has 0 unspecified atom stereocenters. The van der Waals surface area contributed by atoms with Gasteiger partial charge in [-0.3, -0.25) is 14.4 Å². The zero-order valence-electron chi connectivity index (χ0n) is 18.9. The van der Waals surface area contributed by atoms with E-state index in [-0.39, 0.29) is 39.1 Å². The van der Waals surface area contributed by atoms with E-state index >= 15 is 0 Å². The molecule has 1 heterocycles. The summed E-state index contributed by atoms with van der Waals surface area (Å²) in [6, 6.07) is 9.60. The molecule has 0 saturated heterocycles. The Kier molecular flexibility index (Phi) is 8.12. The molecule has 3 rings (SSSR count). The van der Waals surface area contributed by atoms with Gasteiger partial charge in [0.25, 0.3) is 17.7 Å². The van der Waals surface area contributed by atoms with Gasteiger partial charge in [-0.1, -0.05) is 12.1 Å². The van der Waals surface area contributed by atoms with Gasteiger partial charge in [0, 0.05) is 24.7 Å². The molecule has 0 aliphatic rings. The molecule has 188 valence electrons. The van der Waals surface area contributed by atoms with Crippen molar-refractivity contribution >= 4 is 35.0 Å². The van der Waals surface area contributed by atoms with Crippen LogP contribution in [0.15, 0.2) is 48.5 Å². The maximum absolute atomic E-state index is 12.7. The van der Waals surface area contributed by atoms with E-state index < -0.39 is 36.3 Å². The molecule has 12 heteroatoms. The van der Waals surface area contributed by atoms with Crippen LogP contribution in [0.4, 0.5) is 0 Å². The minimum atomic E-state index is -1.49. The highest BCUT2D eigenvalue weighted by molar-refractivity contribution is 7.16. The van der Waals surface area contributed by atoms with Crippen LogP contribution in [0.2, 0.25) is 0 Å². The summed E-state index contributed by atoms with van der Waals surface area (Å²) in [6.07, 6.45) is 0. The first-order valence-corrected chi connectivity index (χ1v) is 11.4. The largest absolute Gasteiger partial charge is 0.508 e. The molecule has 2 aromatic carbocycles. The summed E-state index contributed by atoms with van der Waals surface area (Å²) in [5.41, 5.74) is 1.05. The van der Waals surface area contributed by atoms with Crippen molar-refractivity contribution in [1.29, 1.82) is 0 Å². The molecule has 0 bridgehead atoms. The van der Waals surface area contributed by atoms with Gasteiger partial charge in [-0.25, -0.2) is 4.79 Å². The summed E-state index contributed by atoms with van der Waals surface area (Å²) in [4.78, 5) is 49.5. The highest BCUT2D eigenvalue weighted by Crippen LogP contribution is 2.23. The van der Waals surface area contributed by atoms with Crippen LogP contribution in [0.3, 0.4) is 0 Å². The molecule has 3 aromatic rings. The number of carbonyl (C=O) groups excluding carboxylic acids is 3. The molecule has 7 N–H and O–H groups in total. The van der Waals surface area contributed by atoms with Crippen LogP contribution < -0.4 is 16.0 Å². The third-order valence-electron chi connectivity index (χ3n) is 4.95. The van der Waals surface area contributed by atoms with Crippen molar-refractivity contribution in [2.45, 2.75) is 19.5 Å². The number of hydrogen-bond donors (Lipinski definition) is 7. The average molecular weight is 514 g/mol. The van der Waals surface area contributed by atoms with Crippen LogP contribution in [0.5, 0.6) is 17.2 Å². The lowest BCUT2D eigenvalue weighted by molar-refractivity contribution is -0.139. The Labute approximate surface area is 209 Å². The molecule has 0 spiro atoms. The highest BCUT2D eigenvalue weighted by atomic mass is 32.1. The normalized spacial score (nSPS) is 11.4. The maximum atomic E-state index is 12.7. The second kappa shape index (κ2) is 11.2. The average Bonchev–Trinajstić information content (AvgIpc) is 3.21. The van der Waals surface area contributed by atoms with E-state index in [1.807, 2.05) is 0 Å². The first-order valence-electron chi connectivity index (χ1n) is 10.5. The predicted octanol–water partition coefficient (Wildman–Crippen LogP) is 1.72. The molecule has 0 fully saturated rings. The van der Waals surface area contributed by atoms with Gasteiger partial charge in [0.15, 0.2) is 0 Å².